The minimum Gasteiger partial charge on any atom is -0.497 e. The summed E-state index contributed by atoms with van der Waals surface area (Å²) in [6.07, 6.45) is 0.546. The first-order chi connectivity index (χ1) is 11.2. The van der Waals surface area contributed by atoms with E-state index in [0.29, 0.717) is 13.2 Å². The number of hydrogen-bond donors (Lipinski definition) is 1. The zero-order valence-corrected chi connectivity index (χ0v) is 13.4. The lowest BCUT2D eigenvalue weighted by atomic mass is 10.00. The predicted molar refractivity (Wildman–Crippen MR) is 89.9 cm³/mol. The first kappa shape index (κ1) is 15.8. The van der Waals surface area contributed by atoms with E-state index in [0.717, 1.165) is 31.0 Å². The lowest BCUT2D eigenvalue weighted by Crippen LogP contribution is -2.38. The second kappa shape index (κ2) is 7.49. The highest BCUT2D eigenvalue weighted by atomic mass is 16.5. The van der Waals surface area contributed by atoms with E-state index in [1.807, 2.05) is 24.3 Å². The number of ether oxygens (including phenoxy) is 2. The number of aliphatic hydroxyl groups excluding tert-OH is 1. The zero-order valence-electron chi connectivity index (χ0n) is 13.4. The third-order valence-electron chi connectivity index (χ3n) is 4.18. The highest BCUT2D eigenvalue weighted by Crippen LogP contribution is 2.19. The Morgan fingerprint density at radius 3 is 2.48 bits per heavy atom. The minimum absolute atomic E-state index is 0.296. The van der Waals surface area contributed by atoms with Crippen LogP contribution in [0.15, 0.2) is 48.5 Å². The summed E-state index contributed by atoms with van der Waals surface area (Å²) < 4.78 is 10.8. The van der Waals surface area contributed by atoms with Crippen LogP contribution in [0.25, 0.3) is 0 Å². The van der Waals surface area contributed by atoms with E-state index in [1.165, 1.54) is 11.1 Å². The van der Waals surface area contributed by atoms with Crippen LogP contribution in [0.5, 0.6) is 11.5 Å². The van der Waals surface area contributed by atoms with Crippen molar-refractivity contribution >= 4 is 0 Å². The maximum atomic E-state index is 10.2. The van der Waals surface area contributed by atoms with Gasteiger partial charge in [-0.25, -0.2) is 0 Å². The Hall–Kier alpha value is -2.04. The Morgan fingerprint density at radius 2 is 1.74 bits per heavy atom. The highest BCUT2D eigenvalue weighted by molar-refractivity contribution is 5.31. The minimum atomic E-state index is -0.498. The average molecular weight is 313 g/mol. The number of fused-ring (bicyclic) bond motifs is 1. The number of methoxy groups -OCH3 is 1. The van der Waals surface area contributed by atoms with Gasteiger partial charge in [-0.05, 0) is 41.8 Å². The molecular formula is C19H23NO3. The Morgan fingerprint density at radius 1 is 1.04 bits per heavy atom. The lowest BCUT2D eigenvalue weighted by Gasteiger charge is -2.30. The van der Waals surface area contributed by atoms with Crippen LogP contribution in [0.1, 0.15) is 11.1 Å². The molecule has 0 saturated heterocycles. The summed E-state index contributed by atoms with van der Waals surface area (Å²) in [5, 5.41) is 10.2. The molecule has 0 amide bonds. The van der Waals surface area contributed by atoms with Crippen molar-refractivity contribution in [2.24, 2.45) is 0 Å². The van der Waals surface area contributed by atoms with E-state index < -0.39 is 6.10 Å². The molecule has 1 aliphatic heterocycles. The number of aliphatic hydroxyl groups is 1. The first-order valence-corrected chi connectivity index (χ1v) is 7.98. The Balaban J connectivity index is 1.47. The Bertz CT molecular complexity index is 627. The van der Waals surface area contributed by atoms with E-state index in [9.17, 15) is 5.11 Å². The summed E-state index contributed by atoms with van der Waals surface area (Å²) in [4.78, 5) is 2.28. The number of β-amino-alcohol motifs (C(OH)–C–C–N with tert-alkyl or cyclic N) is 1. The van der Waals surface area contributed by atoms with Crippen molar-refractivity contribution in [2.75, 3.05) is 26.8 Å². The lowest BCUT2D eigenvalue weighted by molar-refractivity contribution is 0.0637. The number of benzene rings is 2. The molecule has 2 aromatic rings. The van der Waals surface area contributed by atoms with Gasteiger partial charge in [0.05, 0.1) is 7.11 Å². The third kappa shape index (κ3) is 4.24. The molecule has 1 atom stereocenters. The van der Waals surface area contributed by atoms with Crippen LogP contribution in [0.4, 0.5) is 0 Å². The number of nitrogens with zero attached hydrogens (tertiary/aromatic N) is 1. The van der Waals surface area contributed by atoms with Crippen molar-refractivity contribution in [3.8, 4) is 11.5 Å². The number of hydrogen-bond acceptors (Lipinski definition) is 4. The smallest absolute Gasteiger partial charge is 0.119 e. The fraction of sp³-hybridized carbons (Fsp3) is 0.368. The molecule has 0 bridgehead atoms. The van der Waals surface area contributed by atoms with Crippen molar-refractivity contribution in [3.63, 3.8) is 0 Å². The molecule has 1 aliphatic rings. The highest BCUT2D eigenvalue weighted by Gasteiger charge is 2.18. The van der Waals surface area contributed by atoms with Gasteiger partial charge in [0.2, 0.25) is 0 Å². The molecule has 3 rings (SSSR count). The summed E-state index contributed by atoms with van der Waals surface area (Å²) in [5.74, 6) is 1.54. The van der Waals surface area contributed by atoms with Gasteiger partial charge >= 0.3 is 0 Å². The van der Waals surface area contributed by atoms with Crippen molar-refractivity contribution in [1.82, 2.24) is 4.90 Å². The van der Waals surface area contributed by atoms with E-state index in [1.54, 1.807) is 7.11 Å². The molecule has 4 heteroatoms. The van der Waals surface area contributed by atoms with Gasteiger partial charge in [-0.2, -0.15) is 0 Å². The van der Waals surface area contributed by atoms with Crippen LogP contribution >= 0.6 is 0 Å². The van der Waals surface area contributed by atoms with Gasteiger partial charge in [0.25, 0.3) is 0 Å². The second-order valence-electron chi connectivity index (χ2n) is 5.89. The Kier molecular flexibility index (Phi) is 5.16. The number of rotatable bonds is 6. The van der Waals surface area contributed by atoms with E-state index in [2.05, 4.69) is 29.2 Å². The van der Waals surface area contributed by atoms with Gasteiger partial charge in [-0.1, -0.05) is 24.3 Å². The van der Waals surface area contributed by atoms with Gasteiger partial charge in [0.15, 0.2) is 0 Å². The standard InChI is InChI=1S/C19H23NO3/c1-22-18-6-8-19(9-7-18)23-14-17(21)13-20-11-10-15-4-2-3-5-16(15)12-20/h2-9,17,21H,10-14H2,1H3/t17-/m0/s1. The van der Waals surface area contributed by atoms with Crippen LogP contribution in [-0.4, -0.2) is 42.9 Å². The Labute approximate surface area is 137 Å². The summed E-state index contributed by atoms with van der Waals surface area (Å²) in [6.45, 7) is 2.81. The van der Waals surface area contributed by atoms with Gasteiger partial charge in [0.1, 0.15) is 24.2 Å². The molecule has 0 aromatic heterocycles. The molecular weight excluding hydrogens is 290 g/mol. The van der Waals surface area contributed by atoms with Gasteiger partial charge < -0.3 is 14.6 Å². The van der Waals surface area contributed by atoms with Gasteiger partial charge in [-0.15, -0.1) is 0 Å². The molecule has 0 spiro atoms. The molecule has 4 nitrogen and oxygen atoms in total. The monoisotopic (exact) mass is 313 g/mol. The van der Waals surface area contributed by atoms with E-state index >= 15 is 0 Å². The molecule has 1 heterocycles. The van der Waals surface area contributed by atoms with Crippen molar-refractivity contribution in [2.45, 2.75) is 19.1 Å². The van der Waals surface area contributed by atoms with Crippen molar-refractivity contribution in [1.29, 1.82) is 0 Å². The maximum absolute atomic E-state index is 10.2. The largest absolute Gasteiger partial charge is 0.497 e. The molecule has 0 radical (unpaired) electrons. The SMILES string of the molecule is COc1ccc(OC[C@@H](O)CN2CCc3ccccc3C2)cc1. The van der Waals surface area contributed by atoms with Gasteiger partial charge in [0, 0.05) is 19.6 Å². The summed E-state index contributed by atoms with van der Waals surface area (Å²) in [6, 6.07) is 15.9. The van der Waals surface area contributed by atoms with Crippen molar-refractivity contribution < 1.29 is 14.6 Å². The normalized spacial score (nSPS) is 15.7. The van der Waals surface area contributed by atoms with Crippen LogP contribution in [-0.2, 0) is 13.0 Å². The van der Waals surface area contributed by atoms with Crippen LogP contribution in [0, 0.1) is 0 Å². The van der Waals surface area contributed by atoms with E-state index in [-0.39, 0.29) is 0 Å². The second-order valence-corrected chi connectivity index (χ2v) is 5.89. The van der Waals surface area contributed by atoms with E-state index in [4.69, 9.17) is 9.47 Å². The van der Waals surface area contributed by atoms with Crippen LogP contribution in [0.2, 0.25) is 0 Å². The first-order valence-electron chi connectivity index (χ1n) is 7.98. The fourth-order valence-corrected chi connectivity index (χ4v) is 2.93. The third-order valence-corrected chi connectivity index (χ3v) is 4.18. The average Bonchev–Trinajstić information content (AvgIpc) is 2.60. The molecule has 0 saturated carbocycles. The zero-order chi connectivity index (χ0) is 16.1. The van der Waals surface area contributed by atoms with Crippen LogP contribution in [0.3, 0.4) is 0 Å². The quantitative estimate of drug-likeness (QED) is 0.890. The molecule has 0 fully saturated rings. The fourth-order valence-electron chi connectivity index (χ4n) is 2.93. The molecule has 0 unspecified atom stereocenters. The molecule has 122 valence electrons. The topological polar surface area (TPSA) is 41.9 Å². The molecule has 0 aliphatic carbocycles. The summed E-state index contributed by atoms with van der Waals surface area (Å²) in [7, 11) is 1.64. The van der Waals surface area contributed by atoms with Crippen LogP contribution < -0.4 is 9.47 Å². The summed E-state index contributed by atoms with van der Waals surface area (Å²) in [5.41, 5.74) is 2.79. The summed E-state index contributed by atoms with van der Waals surface area (Å²) >= 11 is 0. The van der Waals surface area contributed by atoms with Crippen molar-refractivity contribution in [3.05, 3.63) is 59.7 Å². The maximum Gasteiger partial charge on any atom is 0.119 e. The molecule has 1 N–H and O–H groups in total. The van der Waals surface area contributed by atoms with Gasteiger partial charge in [-0.3, -0.25) is 4.90 Å². The predicted octanol–water partition coefficient (Wildman–Crippen LogP) is 2.49. The molecule has 23 heavy (non-hydrogen) atoms. The molecule has 2 aromatic carbocycles.